The monoisotopic (exact) mass is 480 g/mol. The molecule has 0 N–H and O–H groups in total. The lowest BCUT2D eigenvalue weighted by Crippen LogP contribution is -2.29. The summed E-state index contributed by atoms with van der Waals surface area (Å²) in [5.41, 5.74) is 0.962. The molecule has 11 nitrogen and oxygen atoms in total. The van der Waals surface area contributed by atoms with Crippen LogP contribution in [0.4, 0.5) is 5.69 Å². The first-order chi connectivity index (χ1) is 16.7. The Kier molecular flexibility index (Phi) is 9.85. The van der Waals surface area contributed by atoms with Crippen LogP contribution in [0.3, 0.4) is 0 Å². The Morgan fingerprint density at radius 2 is 1.23 bits per heavy atom. The van der Waals surface area contributed by atoms with Crippen LogP contribution in [0.25, 0.3) is 0 Å². The zero-order chi connectivity index (χ0) is 25.8. The molecule has 35 heavy (non-hydrogen) atoms. The summed E-state index contributed by atoms with van der Waals surface area (Å²) in [7, 11) is 0. The van der Waals surface area contributed by atoms with E-state index >= 15 is 0 Å². The first kappa shape index (κ1) is 26.4. The van der Waals surface area contributed by atoms with E-state index in [9.17, 15) is 24.0 Å². The van der Waals surface area contributed by atoms with Gasteiger partial charge in [-0.2, -0.15) is 10.3 Å². The number of nitrogens with zero attached hydrogens (tertiary/aromatic N) is 2. The van der Waals surface area contributed by atoms with Crippen LogP contribution in [-0.4, -0.2) is 55.4 Å². The summed E-state index contributed by atoms with van der Waals surface area (Å²) < 4.78 is 19.8. The Morgan fingerprint density at radius 1 is 0.800 bits per heavy atom. The Labute approximate surface area is 199 Å². The first-order valence-electron chi connectivity index (χ1n) is 10.2. The van der Waals surface area contributed by atoms with Crippen LogP contribution in [0.15, 0.2) is 53.5 Å². The lowest BCUT2D eigenvalue weighted by atomic mass is 10.1. The number of esters is 4. The standard InChI is InChI=1S/C24H20N2O9/c1-15(34-23(30)18-5-3-17(13-25)4-6-18)21(28)32-11-12-33-22(29)16(2)35-24(31)19-7-9-20(10-8-19)26-14-27/h3-10,15-16H,11-12H2,1-2H3. The summed E-state index contributed by atoms with van der Waals surface area (Å²) in [6, 6.07) is 13.1. The maximum absolute atomic E-state index is 12.1. The highest BCUT2D eigenvalue weighted by atomic mass is 16.6. The fraction of sp³-hybridized carbons (Fsp3) is 0.250. The quantitative estimate of drug-likeness (QED) is 0.162. The lowest BCUT2D eigenvalue weighted by Gasteiger charge is -2.14. The molecule has 2 atom stereocenters. The Hall–Kier alpha value is -4.81. The van der Waals surface area contributed by atoms with Gasteiger partial charge in [-0.15, -0.1) is 0 Å². The maximum atomic E-state index is 12.1. The molecule has 0 radical (unpaired) electrons. The van der Waals surface area contributed by atoms with E-state index in [2.05, 4.69) is 4.99 Å². The molecule has 180 valence electrons. The van der Waals surface area contributed by atoms with E-state index in [1.807, 2.05) is 6.07 Å². The van der Waals surface area contributed by atoms with Crippen molar-refractivity contribution in [3.05, 3.63) is 65.2 Å². The number of ether oxygens (including phenoxy) is 4. The summed E-state index contributed by atoms with van der Waals surface area (Å²) in [5.74, 6) is -3.28. The van der Waals surface area contributed by atoms with Gasteiger partial charge in [-0.3, -0.25) is 0 Å². The van der Waals surface area contributed by atoms with Crippen LogP contribution in [0.2, 0.25) is 0 Å². The third-order valence-corrected chi connectivity index (χ3v) is 4.33. The highest BCUT2D eigenvalue weighted by molar-refractivity contribution is 5.92. The van der Waals surface area contributed by atoms with Gasteiger partial charge in [0.15, 0.2) is 12.2 Å². The first-order valence-corrected chi connectivity index (χ1v) is 10.2. The van der Waals surface area contributed by atoms with Crippen LogP contribution >= 0.6 is 0 Å². The molecule has 0 bridgehead atoms. The van der Waals surface area contributed by atoms with Gasteiger partial charge < -0.3 is 18.9 Å². The predicted octanol–water partition coefficient (Wildman–Crippen LogP) is 2.40. The summed E-state index contributed by atoms with van der Waals surface area (Å²) in [6.45, 7) is 1.99. The van der Waals surface area contributed by atoms with Crippen LogP contribution < -0.4 is 0 Å². The van der Waals surface area contributed by atoms with Gasteiger partial charge in [0, 0.05) is 0 Å². The van der Waals surface area contributed by atoms with Crippen LogP contribution in [0.5, 0.6) is 0 Å². The van der Waals surface area contributed by atoms with Gasteiger partial charge in [-0.25, -0.2) is 24.0 Å². The minimum atomic E-state index is -1.24. The van der Waals surface area contributed by atoms with E-state index < -0.39 is 36.1 Å². The molecule has 0 fully saturated rings. The average molecular weight is 480 g/mol. The second kappa shape index (κ2) is 13.0. The number of hydrogen-bond donors (Lipinski definition) is 0. The number of carbonyl (C=O) groups is 4. The Bertz CT molecular complexity index is 1160. The average Bonchev–Trinajstić information content (AvgIpc) is 2.86. The fourth-order valence-electron chi connectivity index (χ4n) is 2.48. The van der Waals surface area contributed by atoms with Crippen LogP contribution in [-0.2, 0) is 33.3 Å². The molecule has 0 aromatic heterocycles. The molecule has 2 unspecified atom stereocenters. The highest BCUT2D eigenvalue weighted by Crippen LogP contribution is 2.14. The van der Waals surface area contributed by atoms with Crippen molar-refractivity contribution in [2.45, 2.75) is 26.1 Å². The normalized spacial score (nSPS) is 11.6. The predicted molar refractivity (Wildman–Crippen MR) is 117 cm³/mol. The molecule has 2 rings (SSSR count). The van der Waals surface area contributed by atoms with Gasteiger partial charge in [-0.05, 0) is 62.4 Å². The molecular weight excluding hydrogens is 460 g/mol. The molecule has 0 saturated heterocycles. The summed E-state index contributed by atoms with van der Waals surface area (Å²) in [5, 5.41) is 8.77. The van der Waals surface area contributed by atoms with Crippen LogP contribution in [0, 0.1) is 11.3 Å². The van der Waals surface area contributed by atoms with E-state index in [-0.39, 0.29) is 24.3 Å². The zero-order valence-electron chi connectivity index (χ0n) is 18.8. The number of carbonyl (C=O) groups excluding carboxylic acids is 5. The summed E-state index contributed by atoms with van der Waals surface area (Å²) >= 11 is 0. The van der Waals surface area contributed by atoms with Crippen molar-refractivity contribution < 1.29 is 42.9 Å². The van der Waals surface area contributed by atoms with Crippen LogP contribution in [0.1, 0.15) is 40.1 Å². The lowest BCUT2D eigenvalue weighted by molar-refractivity contribution is -0.161. The molecule has 0 spiro atoms. The van der Waals surface area contributed by atoms with Gasteiger partial charge in [0.25, 0.3) is 0 Å². The largest absolute Gasteiger partial charge is 0.459 e. The van der Waals surface area contributed by atoms with E-state index in [0.717, 1.165) is 0 Å². The smallest absolute Gasteiger partial charge is 0.347 e. The topological polar surface area (TPSA) is 158 Å². The third kappa shape index (κ3) is 8.24. The summed E-state index contributed by atoms with van der Waals surface area (Å²) in [4.78, 5) is 61.7. The minimum absolute atomic E-state index is 0.132. The molecule has 0 aliphatic rings. The fourth-order valence-corrected chi connectivity index (χ4v) is 2.48. The number of benzene rings is 2. The van der Waals surface area contributed by atoms with E-state index in [1.54, 1.807) is 0 Å². The number of hydrogen-bond acceptors (Lipinski definition) is 11. The molecule has 2 aromatic rings. The van der Waals surface area contributed by atoms with E-state index in [0.29, 0.717) is 11.3 Å². The van der Waals surface area contributed by atoms with Crippen molar-refractivity contribution in [1.82, 2.24) is 0 Å². The van der Waals surface area contributed by atoms with Crippen molar-refractivity contribution in [2.24, 2.45) is 4.99 Å². The molecule has 0 aliphatic heterocycles. The number of aliphatic imine (C=N–C) groups is 1. The Balaban J connectivity index is 1.71. The van der Waals surface area contributed by atoms with Gasteiger partial charge in [0.2, 0.25) is 6.08 Å². The summed E-state index contributed by atoms with van der Waals surface area (Å²) in [6.07, 6.45) is -1.09. The van der Waals surface area contributed by atoms with Gasteiger partial charge >= 0.3 is 23.9 Å². The van der Waals surface area contributed by atoms with E-state index in [1.165, 1.54) is 68.5 Å². The van der Waals surface area contributed by atoms with Gasteiger partial charge in [0.05, 0.1) is 28.4 Å². The molecular formula is C24H20N2O9. The van der Waals surface area contributed by atoms with Crippen molar-refractivity contribution in [3.63, 3.8) is 0 Å². The number of nitriles is 1. The third-order valence-electron chi connectivity index (χ3n) is 4.33. The van der Waals surface area contributed by atoms with Gasteiger partial charge in [-0.1, -0.05) is 0 Å². The van der Waals surface area contributed by atoms with Crippen molar-refractivity contribution >= 4 is 35.6 Å². The molecule has 2 aromatic carbocycles. The molecule has 11 heteroatoms. The minimum Gasteiger partial charge on any atom is -0.459 e. The second-order valence-electron chi connectivity index (χ2n) is 6.87. The number of isocyanates is 1. The molecule has 0 saturated carbocycles. The van der Waals surface area contributed by atoms with Gasteiger partial charge in [0.1, 0.15) is 13.2 Å². The second-order valence-corrected chi connectivity index (χ2v) is 6.87. The number of rotatable bonds is 10. The Morgan fingerprint density at radius 3 is 1.63 bits per heavy atom. The SMILES string of the molecule is CC(OC(=O)c1ccc(C#N)cc1)C(=O)OCCOC(=O)C(C)OC(=O)c1ccc(N=C=O)cc1. The maximum Gasteiger partial charge on any atom is 0.347 e. The molecule has 0 aliphatic carbocycles. The zero-order valence-corrected chi connectivity index (χ0v) is 18.8. The molecule has 0 heterocycles. The van der Waals surface area contributed by atoms with Crippen molar-refractivity contribution in [3.8, 4) is 6.07 Å². The molecule has 0 amide bonds. The van der Waals surface area contributed by atoms with Crippen molar-refractivity contribution in [2.75, 3.05) is 13.2 Å². The van der Waals surface area contributed by atoms with Crippen molar-refractivity contribution in [1.29, 1.82) is 5.26 Å². The van der Waals surface area contributed by atoms with E-state index in [4.69, 9.17) is 24.2 Å². The highest BCUT2D eigenvalue weighted by Gasteiger charge is 2.22.